The third kappa shape index (κ3) is 4.56. The van der Waals surface area contributed by atoms with E-state index in [0.29, 0.717) is 12.5 Å². The van der Waals surface area contributed by atoms with Crippen LogP contribution >= 0.6 is 0 Å². The lowest BCUT2D eigenvalue weighted by molar-refractivity contribution is -0.122. The van der Waals surface area contributed by atoms with Gasteiger partial charge in [0.2, 0.25) is 5.91 Å². The van der Waals surface area contributed by atoms with Gasteiger partial charge in [0, 0.05) is 31.9 Å². The minimum absolute atomic E-state index is 0.0686. The van der Waals surface area contributed by atoms with Crippen LogP contribution in [0, 0.1) is 5.92 Å². The Morgan fingerprint density at radius 3 is 2.82 bits per heavy atom. The molecule has 0 saturated heterocycles. The first-order chi connectivity index (χ1) is 8.00. The van der Waals surface area contributed by atoms with Crippen LogP contribution in [0.3, 0.4) is 0 Å². The van der Waals surface area contributed by atoms with Gasteiger partial charge in [0.15, 0.2) is 0 Å². The van der Waals surface area contributed by atoms with Crippen LogP contribution in [0.1, 0.15) is 26.0 Å². The molecule has 0 radical (unpaired) electrons. The smallest absolute Gasteiger partial charge is 0.236 e. The second kappa shape index (κ2) is 6.39. The van der Waals surface area contributed by atoms with E-state index in [9.17, 15) is 4.79 Å². The Labute approximate surface area is 102 Å². The van der Waals surface area contributed by atoms with Crippen molar-refractivity contribution >= 4 is 5.91 Å². The highest BCUT2D eigenvalue weighted by atomic mass is 16.2. The molecule has 1 rings (SSSR count). The van der Waals surface area contributed by atoms with E-state index in [2.05, 4.69) is 24.3 Å². The number of nitrogens with zero attached hydrogens (tertiary/aromatic N) is 2. The molecule has 96 valence electrons. The predicted octanol–water partition coefficient (Wildman–Crippen LogP) is 0.452. The van der Waals surface area contributed by atoms with Gasteiger partial charge in [-0.25, -0.2) is 0 Å². The van der Waals surface area contributed by atoms with Gasteiger partial charge in [0.05, 0.1) is 6.04 Å². The van der Waals surface area contributed by atoms with Gasteiger partial charge >= 0.3 is 0 Å². The van der Waals surface area contributed by atoms with Crippen LogP contribution in [-0.2, 0) is 18.3 Å². The number of aromatic nitrogens is 2. The lowest BCUT2D eigenvalue weighted by Gasteiger charge is -2.14. The summed E-state index contributed by atoms with van der Waals surface area (Å²) in [4.78, 5) is 11.6. The summed E-state index contributed by atoms with van der Waals surface area (Å²) in [5, 5.41) is 6.92. The summed E-state index contributed by atoms with van der Waals surface area (Å²) in [5.74, 6) is 0.369. The Bertz CT molecular complexity index is 359. The van der Waals surface area contributed by atoms with E-state index >= 15 is 0 Å². The Balaban J connectivity index is 2.27. The molecule has 1 aromatic rings. The van der Waals surface area contributed by atoms with Gasteiger partial charge in [-0.05, 0) is 18.4 Å². The topological polar surface area (TPSA) is 72.9 Å². The molecule has 0 aliphatic carbocycles. The van der Waals surface area contributed by atoms with E-state index in [1.54, 1.807) is 10.9 Å². The fraction of sp³-hybridized carbons (Fsp3) is 0.667. The zero-order chi connectivity index (χ0) is 12.8. The molecule has 1 unspecified atom stereocenters. The lowest BCUT2D eigenvalue weighted by Crippen LogP contribution is -2.42. The van der Waals surface area contributed by atoms with E-state index in [1.165, 1.54) is 0 Å². The Morgan fingerprint density at radius 2 is 2.29 bits per heavy atom. The molecule has 1 heterocycles. The molecule has 3 N–H and O–H groups in total. The average Bonchev–Trinajstić information content (AvgIpc) is 2.63. The van der Waals surface area contributed by atoms with E-state index in [0.717, 1.165) is 18.5 Å². The highest BCUT2D eigenvalue weighted by molar-refractivity contribution is 5.81. The number of aryl methyl sites for hydroxylation is 1. The van der Waals surface area contributed by atoms with Gasteiger partial charge in [-0.3, -0.25) is 9.48 Å². The minimum atomic E-state index is -0.401. The summed E-state index contributed by atoms with van der Waals surface area (Å²) in [5.41, 5.74) is 6.88. The highest BCUT2D eigenvalue weighted by Crippen LogP contribution is 2.02. The summed E-state index contributed by atoms with van der Waals surface area (Å²) >= 11 is 0. The molecular weight excluding hydrogens is 216 g/mol. The SMILES string of the molecule is CC(C)CC(N)C(=O)NCCc1ccnn1C. The van der Waals surface area contributed by atoms with Crippen LogP contribution in [0.2, 0.25) is 0 Å². The first-order valence-electron chi connectivity index (χ1n) is 6.01. The summed E-state index contributed by atoms with van der Waals surface area (Å²) < 4.78 is 1.81. The maximum Gasteiger partial charge on any atom is 0.236 e. The summed E-state index contributed by atoms with van der Waals surface area (Å²) in [7, 11) is 1.89. The van der Waals surface area contributed by atoms with Crippen molar-refractivity contribution in [3.63, 3.8) is 0 Å². The molecule has 0 aliphatic rings. The molecule has 5 heteroatoms. The standard InChI is InChI=1S/C12H22N4O/c1-9(2)8-11(13)12(17)14-6-4-10-5-7-15-16(10)3/h5,7,9,11H,4,6,8,13H2,1-3H3,(H,14,17). The van der Waals surface area contributed by atoms with Crippen LogP contribution in [0.15, 0.2) is 12.3 Å². The molecule has 0 aliphatic heterocycles. The molecule has 1 atom stereocenters. The van der Waals surface area contributed by atoms with Crippen molar-refractivity contribution in [2.45, 2.75) is 32.7 Å². The summed E-state index contributed by atoms with van der Waals surface area (Å²) in [6.45, 7) is 4.72. The van der Waals surface area contributed by atoms with Gasteiger partial charge in [-0.2, -0.15) is 5.10 Å². The quantitative estimate of drug-likeness (QED) is 0.756. The summed E-state index contributed by atoms with van der Waals surface area (Å²) in [6, 6.07) is 1.54. The maximum atomic E-state index is 11.6. The predicted molar refractivity (Wildman–Crippen MR) is 67.4 cm³/mol. The van der Waals surface area contributed by atoms with Crippen LogP contribution in [-0.4, -0.2) is 28.3 Å². The van der Waals surface area contributed by atoms with Gasteiger partial charge < -0.3 is 11.1 Å². The second-order valence-corrected chi connectivity index (χ2v) is 4.72. The number of carbonyl (C=O) groups excluding carboxylic acids is 1. The number of hydrogen-bond acceptors (Lipinski definition) is 3. The van der Waals surface area contributed by atoms with Crippen molar-refractivity contribution in [3.05, 3.63) is 18.0 Å². The van der Waals surface area contributed by atoms with Gasteiger partial charge in [0.1, 0.15) is 0 Å². The van der Waals surface area contributed by atoms with Crippen molar-refractivity contribution in [1.82, 2.24) is 15.1 Å². The molecule has 1 aromatic heterocycles. The number of rotatable bonds is 6. The Kier molecular flexibility index (Phi) is 5.15. The van der Waals surface area contributed by atoms with Crippen molar-refractivity contribution < 1.29 is 4.79 Å². The highest BCUT2D eigenvalue weighted by Gasteiger charge is 2.14. The minimum Gasteiger partial charge on any atom is -0.354 e. The van der Waals surface area contributed by atoms with Crippen LogP contribution in [0.25, 0.3) is 0 Å². The first kappa shape index (κ1) is 13.7. The fourth-order valence-corrected chi connectivity index (χ4v) is 1.71. The zero-order valence-electron chi connectivity index (χ0n) is 10.8. The van der Waals surface area contributed by atoms with E-state index in [-0.39, 0.29) is 5.91 Å². The molecule has 0 spiro atoms. The van der Waals surface area contributed by atoms with E-state index in [1.807, 2.05) is 13.1 Å². The Hall–Kier alpha value is -1.36. The molecular formula is C12H22N4O. The number of amides is 1. The van der Waals surface area contributed by atoms with E-state index < -0.39 is 6.04 Å². The molecule has 1 amide bonds. The molecule has 17 heavy (non-hydrogen) atoms. The molecule has 0 bridgehead atoms. The van der Waals surface area contributed by atoms with Gasteiger partial charge in [-0.15, -0.1) is 0 Å². The fourth-order valence-electron chi connectivity index (χ4n) is 1.71. The van der Waals surface area contributed by atoms with Crippen LogP contribution in [0.4, 0.5) is 0 Å². The third-order valence-corrected chi connectivity index (χ3v) is 2.66. The van der Waals surface area contributed by atoms with Crippen LogP contribution < -0.4 is 11.1 Å². The van der Waals surface area contributed by atoms with Crippen molar-refractivity contribution in [2.75, 3.05) is 6.54 Å². The van der Waals surface area contributed by atoms with E-state index in [4.69, 9.17) is 5.73 Å². The molecule has 0 saturated carbocycles. The normalized spacial score (nSPS) is 12.8. The zero-order valence-corrected chi connectivity index (χ0v) is 10.8. The number of nitrogens with one attached hydrogen (secondary N) is 1. The monoisotopic (exact) mass is 238 g/mol. The molecule has 0 fully saturated rings. The van der Waals surface area contributed by atoms with Crippen LogP contribution in [0.5, 0.6) is 0 Å². The third-order valence-electron chi connectivity index (χ3n) is 2.66. The second-order valence-electron chi connectivity index (χ2n) is 4.72. The number of carbonyl (C=O) groups is 1. The first-order valence-corrected chi connectivity index (χ1v) is 6.01. The van der Waals surface area contributed by atoms with Crippen molar-refractivity contribution in [3.8, 4) is 0 Å². The van der Waals surface area contributed by atoms with Gasteiger partial charge in [0.25, 0.3) is 0 Å². The average molecular weight is 238 g/mol. The van der Waals surface area contributed by atoms with Crippen molar-refractivity contribution in [2.24, 2.45) is 18.7 Å². The summed E-state index contributed by atoms with van der Waals surface area (Å²) in [6.07, 6.45) is 3.25. The molecule has 0 aromatic carbocycles. The number of nitrogens with two attached hydrogens (primary N) is 1. The number of hydrogen-bond donors (Lipinski definition) is 2. The largest absolute Gasteiger partial charge is 0.354 e. The maximum absolute atomic E-state index is 11.6. The molecule has 5 nitrogen and oxygen atoms in total. The lowest BCUT2D eigenvalue weighted by atomic mass is 10.0. The van der Waals surface area contributed by atoms with Crippen molar-refractivity contribution in [1.29, 1.82) is 0 Å². The van der Waals surface area contributed by atoms with Gasteiger partial charge in [-0.1, -0.05) is 13.8 Å². The Morgan fingerprint density at radius 1 is 1.59 bits per heavy atom.